The topological polar surface area (TPSA) is 74.1 Å². The maximum Gasteiger partial charge on any atom is 0.261 e. The quantitative estimate of drug-likeness (QED) is 0.599. The Balaban J connectivity index is 1.71. The van der Waals surface area contributed by atoms with Gasteiger partial charge in [0.05, 0.1) is 22.9 Å². The Morgan fingerprint density at radius 3 is 2.10 bits per heavy atom. The third-order valence-corrected chi connectivity index (χ3v) is 5.47. The standard InChI is InChI=1S/C23H16ClN3O2/c24-17-10-8-16(9-11-17)23(15-25,20-7-3-4-13-26-20)12-14-27-21(28)18-5-1-2-6-19(18)22(27)29/h1-11,13H,12,14H2. The highest BCUT2D eigenvalue weighted by molar-refractivity contribution is 6.30. The van der Waals surface area contributed by atoms with E-state index in [0.29, 0.717) is 27.4 Å². The van der Waals surface area contributed by atoms with Crippen molar-refractivity contribution in [2.24, 2.45) is 0 Å². The molecule has 2 aromatic carbocycles. The highest BCUT2D eigenvalue weighted by Gasteiger charge is 2.40. The molecule has 1 aliphatic heterocycles. The van der Waals surface area contributed by atoms with Crippen LogP contribution in [0.2, 0.25) is 5.02 Å². The Morgan fingerprint density at radius 1 is 0.931 bits per heavy atom. The number of pyridine rings is 1. The molecule has 5 nitrogen and oxygen atoms in total. The van der Waals surface area contributed by atoms with Gasteiger partial charge in [-0.25, -0.2) is 0 Å². The van der Waals surface area contributed by atoms with E-state index in [-0.39, 0.29) is 24.8 Å². The molecular formula is C23H16ClN3O2. The molecule has 6 heteroatoms. The summed E-state index contributed by atoms with van der Waals surface area (Å²) in [6.45, 7) is 0.0963. The van der Waals surface area contributed by atoms with E-state index in [1.54, 1.807) is 66.9 Å². The summed E-state index contributed by atoms with van der Waals surface area (Å²) in [7, 11) is 0. The second-order valence-corrected chi connectivity index (χ2v) is 7.23. The lowest BCUT2D eigenvalue weighted by Gasteiger charge is -2.28. The van der Waals surface area contributed by atoms with Gasteiger partial charge in [-0.2, -0.15) is 5.26 Å². The first-order valence-electron chi connectivity index (χ1n) is 9.11. The van der Waals surface area contributed by atoms with Gasteiger partial charge in [0, 0.05) is 17.8 Å². The Kier molecular flexibility index (Phi) is 4.87. The molecule has 0 spiro atoms. The number of amides is 2. The number of imide groups is 1. The fourth-order valence-electron chi connectivity index (χ4n) is 3.67. The van der Waals surface area contributed by atoms with Crippen molar-refractivity contribution in [2.45, 2.75) is 11.8 Å². The third-order valence-electron chi connectivity index (χ3n) is 5.22. The van der Waals surface area contributed by atoms with Crippen LogP contribution in [0.15, 0.2) is 72.9 Å². The van der Waals surface area contributed by atoms with Crippen LogP contribution in [0.25, 0.3) is 0 Å². The van der Waals surface area contributed by atoms with E-state index in [9.17, 15) is 14.9 Å². The highest BCUT2D eigenvalue weighted by atomic mass is 35.5. The van der Waals surface area contributed by atoms with Crippen molar-refractivity contribution in [1.29, 1.82) is 5.26 Å². The summed E-state index contributed by atoms with van der Waals surface area (Å²) in [4.78, 5) is 31.0. The van der Waals surface area contributed by atoms with Gasteiger partial charge in [-0.05, 0) is 48.4 Å². The van der Waals surface area contributed by atoms with E-state index in [1.807, 2.05) is 6.07 Å². The van der Waals surface area contributed by atoms with Crippen molar-refractivity contribution in [1.82, 2.24) is 9.88 Å². The fourth-order valence-corrected chi connectivity index (χ4v) is 3.80. The first-order valence-corrected chi connectivity index (χ1v) is 9.48. The molecule has 0 N–H and O–H groups in total. The zero-order chi connectivity index (χ0) is 20.4. The Morgan fingerprint density at radius 2 is 1.55 bits per heavy atom. The molecule has 0 saturated heterocycles. The average molecular weight is 402 g/mol. The molecule has 0 radical (unpaired) electrons. The number of rotatable bonds is 5. The molecule has 0 saturated carbocycles. The number of carbonyl (C=O) groups excluding carboxylic acids is 2. The molecule has 2 amide bonds. The molecule has 0 fully saturated rings. The van der Waals surface area contributed by atoms with Crippen LogP contribution in [0.1, 0.15) is 38.4 Å². The van der Waals surface area contributed by atoms with Crippen molar-refractivity contribution >= 4 is 23.4 Å². The number of fused-ring (bicyclic) bond motifs is 1. The van der Waals surface area contributed by atoms with Crippen molar-refractivity contribution in [3.8, 4) is 6.07 Å². The van der Waals surface area contributed by atoms with Gasteiger partial charge in [0.1, 0.15) is 5.41 Å². The van der Waals surface area contributed by atoms with Gasteiger partial charge in [0.15, 0.2) is 0 Å². The largest absolute Gasteiger partial charge is 0.274 e. The van der Waals surface area contributed by atoms with E-state index in [4.69, 9.17) is 11.6 Å². The summed E-state index contributed by atoms with van der Waals surface area (Å²) in [6.07, 6.45) is 1.84. The molecule has 29 heavy (non-hydrogen) atoms. The van der Waals surface area contributed by atoms with E-state index < -0.39 is 5.41 Å². The maximum atomic E-state index is 12.7. The van der Waals surface area contributed by atoms with E-state index in [0.717, 1.165) is 0 Å². The molecule has 1 unspecified atom stereocenters. The maximum absolute atomic E-state index is 12.7. The smallest absolute Gasteiger partial charge is 0.261 e. The minimum Gasteiger partial charge on any atom is -0.274 e. The van der Waals surface area contributed by atoms with E-state index >= 15 is 0 Å². The third kappa shape index (κ3) is 3.18. The summed E-state index contributed by atoms with van der Waals surface area (Å²) in [5, 5.41) is 10.8. The number of hydrogen-bond acceptors (Lipinski definition) is 4. The number of nitriles is 1. The number of nitrogens with zero attached hydrogens (tertiary/aromatic N) is 3. The number of halogens is 1. The molecule has 1 aromatic heterocycles. The lowest BCUT2D eigenvalue weighted by atomic mass is 9.75. The number of hydrogen-bond donors (Lipinski definition) is 0. The highest BCUT2D eigenvalue weighted by Crippen LogP contribution is 2.36. The van der Waals surface area contributed by atoms with Crippen molar-refractivity contribution in [3.05, 3.63) is 100 Å². The van der Waals surface area contributed by atoms with Gasteiger partial charge in [0.25, 0.3) is 11.8 Å². The number of aromatic nitrogens is 1. The van der Waals surface area contributed by atoms with Crippen LogP contribution in [-0.2, 0) is 5.41 Å². The molecule has 4 rings (SSSR count). The first-order chi connectivity index (χ1) is 14.1. The lowest BCUT2D eigenvalue weighted by Crippen LogP contribution is -2.37. The van der Waals surface area contributed by atoms with Gasteiger partial charge in [-0.1, -0.05) is 41.9 Å². The zero-order valence-corrected chi connectivity index (χ0v) is 16.1. The predicted octanol–water partition coefficient (Wildman–Crippen LogP) is 4.23. The van der Waals surface area contributed by atoms with Gasteiger partial charge in [0.2, 0.25) is 0 Å². The second kappa shape index (κ2) is 7.50. The Labute approximate surface area is 173 Å². The molecule has 1 aliphatic rings. The lowest BCUT2D eigenvalue weighted by molar-refractivity contribution is 0.0647. The normalized spacial score (nSPS) is 15.0. The molecule has 142 valence electrons. The number of carbonyl (C=O) groups is 2. The monoisotopic (exact) mass is 401 g/mol. The van der Waals surface area contributed by atoms with Crippen LogP contribution in [0.5, 0.6) is 0 Å². The van der Waals surface area contributed by atoms with Crippen LogP contribution < -0.4 is 0 Å². The molecule has 3 aromatic rings. The SMILES string of the molecule is N#CC(CCN1C(=O)c2ccccc2C1=O)(c1ccc(Cl)cc1)c1ccccn1. The average Bonchev–Trinajstić information content (AvgIpc) is 3.01. The summed E-state index contributed by atoms with van der Waals surface area (Å²) < 4.78 is 0. The van der Waals surface area contributed by atoms with Gasteiger partial charge >= 0.3 is 0 Å². The summed E-state index contributed by atoms with van der Waals surface area (Å²) in [5.41, 5.74) is 0.927. The summed E-state index contributed by atoms with van der Waals surface area (Å²) in [5.74, 6) is -0.677. The Hall–Kier alpha value is -3.49. The second-order valence-electron chi connectivity index (χ2n) is 6.80. The fraction of sp³-hybridized carbons (Fsp3) is 0.130. The molecule has 0 bridgehead atoms. The summed E-state index contributed by atoms with van der Waals surface area (Å²) in [6, 6.07) is 21.5. The first kappa shape index (κ1) is 18.9. The molecule has 2 heterocycles. The Bertz CT molecular complexity index is 1090. The van der Waals surface area contributed by atoms with Crippen LogP contribution in [0.4, 0.5) is 0 Å². The van der Waals surface area contributed by atoms with Crippen molar-refractivity contribution < 1.29 is 9.59 Å². The van der Waals surface area contributed by atoms with Gasteiger partial charge in [-0.3, -0.25) is 19.5 Å². The van der Waals surface area contributed by atoms with Crippen molar-refractivity contribution in [3.63, 3.8) is 0 Å². The van der Waals surface area contributed by atoms with Gasteiger partial charge in [-0.15, -0.1) is 0 Å². The zero-order valence-electron chi connectivity index (χ0n) is 15.4. The molecular weight excluding hydrogens is 386 g/mol. The van der Waals surface area contributed by atoms with Crippen LogP contribution in [-0.4, -0.2) is 28.2 Å². The van der Waals surface area contributed by atoms with Gasteiger partial charge < -0.3 is 0 Å². The van der Waals surface area contributed by atoms with E-state index in [2.05, 4.69) is 11.1 Å². The van der Waals surface area contributed by atoms with Crippen LogP contribution in [0.3, 0.4) is 0 Å². The van der Waals surface area contributed by atoms with Crippen molar-refractivity contribution in [2.75, 3.05) is 6.54 Å². The summed E-state index contributed by atoms with van der Waals surface area (Å²) >= 11 is 6.03. The van der Waals surface area contributed by atoms with Crippen LogP contribution in [0, 0.1) is 11.3 Å². The molecule has 1 atom stereocenters. The minimum atomic E-state index is -1.12. The van der Waals surface area contributed by atoms with E-state index in [1.165, 1.54) is 4.90 Å². The predicted molar refractivity (Wildman–Crippen MR) is 109 cm³/mol. The number of benzene rings is 2. The molecule has 0 aliphatic carbocycles. The van der Waals surface area contributed by atoms with Crippen LogP contribution >= 0.6 is 11.6 Å². The minimum absolute atomic E-state index is 0.0963.